The van der Waals surface area contributed by atoms with Crippen molar-refractivity contribution in [2.75, 3.05) is 27.3 Å². The molecule has 0 saturated heterocycles. The molecule has 0 unspecified atom stereocenters. The van der Waals surface area contributed by atoms with Crippen molar-refractivity contribution in [1.82, 2.24) is 4.31 Å². The molecule has 1 rings (SSSR count). The largest absolute Gasteiger partial charge is 0.468 e. The summed E-state index contributed by atoms with van der Waals surface area (Å²) in [7, 11) is -1.65. The molecule has 1 aromatic heterocycles. The number of carbonyl (C=O) groups is 2. The molecule has 0 aliphatic rings. The van der Waals surface area contributed by atoms with Gasteiger partial charge in [0, 0.05) is 0 Å². The van der Waals surface area contributed by atoms with Gasteiger partial charge in [0.15, 0.2) is 0 Å². The quantitative estimate of drug-likeness (QED) is 0.692. The molecule has 0 atom stereocenters. The van der Waals surface area contributed by atoms with E-state index in [0.717, 1.165) is 29.9 Å². The molecule has 0 amide bonds. The molecule has 0 fully saturated rings. The van der Waals surface area contributed by atoms with Crippen LogP contribution in [0.15, 0.2) is 21.7 Å². The lowest BCUT2D eigenvalue weighted by Gasteiger charge is -2.18. The third kappa shape index (κ3) is 4.01. The number of nitrogens with zero attached hydrogens (tertiary/aromatic N) is 1. The van der Waals surface area contributed by atoms with Crippen molar-refractivity contribution in [3.63, 3.8) is 0 Å². The van der Waals surface area contributed by atoms with E-state index >= 15 is 0 Å². The molecule has 0 saturated carbocycles. The second-order valence-electron chi connectivity index (χ2n) is 3.36. The number of rotatable bonds is 6. The first-order valence-corrected chi connectivity index (χ1v) is 7.41. The van der Waals surface area contributed by atoms with E-state index in [0.29, 0.717) is 0 Å². The molecule has 0 N–H and O–H groups in total. The van der Waals surface area contributed by atoms with Crippen molar-refractivity contribution in [1.29, 1.82) is 0 Å². The van der Waals surface area contributed by atoms with Crippen LogP contribution in [0, 0.1) is 0 Å². The number of ether oxygens (including phenoxy) is 2. The number of carbonyl (C=O) groups excluding carboxylic acids is 2. The van der Waals surface area contributed by atoms with Gasteiger partial charge in [-0.2, -0.15) is 4.31 Å². The molecule has 0 spiro atoms. The molecule has 0 aliphatic heterocycles. The van der Waals surface area contributed by atoms with E-state index in [1.54, 1.807) is 11.4 Å². The van der Waals surface area contributed by atoms with Gasteiger partial charge in [0.05, 0.1) is 14.2 Å². The van der Waals surface area contributed by atoms with Crippen LogP contribution >= 0.6 is 11.3 Å². The lowest BCUT2D eigenvalue weighted by Crippen LogP contribution is -2.39. The lowest BCUT2D eigenvalue weighted by atomic mass is 10.6. The highest BCUT2D eigenvalue weighted by molar-refractivity contribution is 7.91. The topological polar surface area (TPSA) is 90.0 Å². The van der Waals surface area contributed by atoms with Gasteiger partial charge in [0.2, 0.25) is 0 Å². The molecule has 1 aromatic rings. The highest BCUT2D eigenvalue weighted by Crippen LogP contribution is 2.20. The Hall–Kier alpha value is -1.45. The predicted molar refractivity (Wildman–Crippen MR) is 67.1 cm³/mol. The van der Waals surface area contributed by atoms with Crippen molar-refractivity contribution in [2.24, 2.45) is 0 Å². The Bertz CT molecular complexity index is 518. The average Bonchev–Trinajstić information content (AvgIpc) is 2.91. The molecule has 0 aliphatic carbocycles. The molecular formula is C10H13NO6S2. The number of thiophene rings is 1. The first-order valence-electron chi connectivity index (χ1n) is 5.09. The summed E-state index contributed by atoms with van der Waals surface area (Å²) < 4.78 is 34.0. The average molecular weight is 307 g/mol. The van der Waals surface area contributed by atoms with Gasteiger partial charge in [-0.05, 0) is 11.4 Å². The molecule has 0 radical (unpaired) electrons. The summed E-state index contributed by atoms with van der Waals surface area (Å²) >= 11 is 0.994. The number of sulfonamides is 1. The normalized spacial score (nSPS) is 11.3. The van der Waals surface area contributed by atoms with Gasteiger partial charge in [-0.1, -0.05) is 6.07 Å². The van der Waals surface area contributed by atoms with E-state index in [1.165, 1.54) is 6.07 Å². The van der Waals surface area contributed by atoms with Crippen LogP contribution in [0.25, 0.3) is 0 Å². The van der Waals surface area contributed by atoms with Crippen molar-refractivity contribution in [3.05, 3.63) is 17.5 Å². The van der Waals surface area contributed by atoms with Crippen LogP contribution in [-0.2, 0) is 29.1 Å². The Morgan fingerprint density at radius 3 is 2.11 bits per heavy atom. The Balaban J connectivity index is 3.01. The molecule has 19 heavy (non-hydrogen) atoms. The first kappa shape index (κ1) is 15.6. The molecule has 106 valence electrons. The molecular weight excluding hydrogens is 294 g/mol. The zero-order chi connectivity index (χ0) is 14.5. The SMILES string of the molecule is COC(=O)CN(CC(=O)OC)S(=O)(=O)c1cccs1. The Kier molecular flexibility index (Phi) is 5.45. The minimum atomic E-state index is -3.92. The van der Waals surface area contributed by atoms with Gasteiger partial charge in [-0.3, -0.25) is 9.59 Å². The van der Waals surface area contributed by atoms with Crippen LogP contribution in [0.2, 0.25) is 0 Å². The van der Waals surface area contributed by atoms with E-state index in [1.807, 2.05) is 0 Å². The third-order valence-electron chi connectivity index (χ3n) is 2.16. The fourth-order valence-electron chi connectivity index (χ4n) is 1.18. The lowest BCUT2D eigenvalue weighted by molar-refractivity contribution is -0.143. The highest BCUT2D eigenvalue weighted by atomic mass is 32.2. The minimum Gasteiger partial charge on any atom is -0.468 e. The van der Waals surface area contributed by atoms with Crippen molar-refractivity contribution < 1.29 is 27.5 Å². The fourth-order valence-corrected chi connectivity index (χ4v) is 3.65. The van der Waals surface area contributed by atoms with E-state index in [-0.39, 0.29) is 4.21 Å². The standard InChI is InChI=1S/C10H13NO6S2/c1-16-8(12)6-11(7-9(13)17-2)19(14,15)10-4-3-5-18-10/h3-5H,6-7H2,1-2H3. The van der Waals surface area contributed by atoms with Crippen LogP contribution in [-0.4, -0.2) is 52.0 Å². The summed E-state index contributed by atoms with van der Waals surface area (Å²) in [5.41, 5.74) is 0. The van der Waals surface area contributed by atoms with Gasteiger partial charge in [-0.15, -0.1) is 11.3 Å². The second-order valence-corrected chi connectivity index (χ2v) is 6.47. The van der Waals surface area contributed by atoms with E-state index in [9.17, 15) is 18.0 Å². The molecule has 0 aromatic carbocycles. The first-order chi connectivity index (χ1) is 8.91. The zero-order valence-corrected chi connectivity index (χ0v) is 12.0. The smallest absolute Gasteiger partial charge is 0.321 e. The highest BCUT2D eigenvalue weighted by Gasteiger charge is 2.30. The van der Waals surface area contributed by atoms with Crippen LogP contribution in [0.1, 0.15) is 0 Å². The van der Waals surface area contributed by atoms with Gasteiger partial charge in [0.1, 0.15) is 17.3 Å². The summed E-state index contributed by atoms with van der Waals surface area (Å²) in [6.07, 6.45) is 0. The van der Waals surface area contributed by atoms with Crippen LogP contribution < -0.4 is 0 Å². The molecule has 9 heteroatoms. The fraction of sp³-hybridized carbons (Fsp3) is 0.400. The summed E-state index contributed by atoms with van der Waals surface area (Å²) in [4.78, 5) is 22.5. The van der Waals surface area contributed by atoms with Crippen LogP contribution in [0.3, 0.4) is 0 Å². The number of methoxy groups -OCH3 is 2. The van der Waals surface area contributed by atoms with Crippen molar-refractivity contribution in [2.45, 2.75) is 4.21 Å². The third-order valence-corrected chi connectivity index (χ3v) is 5.32. The van der Waals surface area contributed by atoms with Gasteiger partial charge in [-0.25, -0.2) is 8.42 Å². The second kappa shape index (κ2) is 6.64. The van der Waals surface area contributed by atoms with E-state index in [4.69, 9.17) is 0 Å². The molecule has 7 nitrogen and oxygen atoms in total. The van der Waals surface area contributed by atoms with E-state index in [2.05, 4.69) is 9.47 Å². The Labute approximate surface area is 114 Å². The van der Waals surface area contributed by atoms with Crippen LogP contribution in [0.4, 0.5) is 0 Å². The maximum absolute atomic E-state index is 12.2. The Morgan fingerprint density at radius 2 is 1.74 bits per heavy atom. The maximum Gasteiger partial charge on any atom is 0.321 e. The summed E-state index contributed by atoms with van der Waals surface area (Å²) in [6.45, 7) is -1.10. The number of esters is 2. The van der Waals surface area contributed by atoms with E-state index < -0.39 is 35.1 Å². The van der Waals surface area contributed by atoms with Gasteiger partial charge in [0.25, 0.3) is 10.0 Å². The Morgan fingerprint density at radius 1 is 1.21 bits per heavy atom. The van der Waals surface area contributed by atoms with Crippen molar-refractivity contribution >= 4 is 33.3 Å². The number of hydrogen-bond donors (Lipinski definition) is 0. The summed E-state index contributed by atoms with van der Waals surface area (Å²) in [5, 5.41) is 1.58. The van der Waals surface area contributed by atoms with Gasteiger partial charge < -0.3 is 9.47 Å². The monoisotopic (exact) mass is 307 g/mol. The minimum absolute atomic E-state index is 0.0420. The number of hydrogen-bond acceptors (Lipinski definition) is 7. The predicted octanol–water partition coefficient (Wildman–Crippen LogP) is 0.0848. The maximum atomic E-state index is 12.2. The zero-order valence-electron chi connectivity index (χ0n) is 10.4. The van der Waals surface area contributed by atoms with Crippen LogP contribution in [0.5, 0.6) is 0 Å². The molecule has 1 heterocycles. The molecule has 0 bridgehead atoms. The van der Waals surface area contributed by atoms with Gasteiger partial charge >= 0.3 is 11.9 Å². The van der Waals surface area contributed by atoms with Crippen molar-refractivity contribution in [3.8, 4) is 0 Å². The summed E-state index contributed by atoms with van der Waals surface area (Å²) in [6, 6.07) is 2.95. The summed E-state index contributed by atoms with van der Waals surface area (Å²) in [5.74, 6) is -1.52.